The van der Waals surface area contributed by atoms with Crippen LogP contribution >= 0.6 is 0 Å². The van der Waals surface area contributed by atoms with Gasteiger partial charge in [-0.3, -0.25) is 0 Å². The number of benzene rings is 2. The summed E-state index contributed by atoms with van der Waals surface area (Å²) in [5, 5.41) is 12.1. The summed E-state index contributed by atoms with van der Waals surface area (Å²) in [6.45, 7) is 3.22. The largest absolute Gasteiger partial charge is 0.493 e. The predicted octanol–water partition coefficient (Wildman–Crippen LogP) is 3.58. The van der Waals surface area contributed by atoms with Crippen molar-refractivity contribution in [3.8, 4) is 17.6 Å². The van der Waals surface area contributed by atoms with Gasteiger partial charge in [0.2, 0.25) is 0 Å². The van der Waals surface area contributed by atoms with E-state index in [9.17, 15) is 0 Å². The molecule has 2 rings (SSSR count). The van der Waals surface area contributed by atoms with Gasteiger partial charge in [0.05, 0.1) is 25.3 Å². The van der Waals surface area contributed by atoms with E-state index < -0.39 is 0 Å². The van der Waals surface area contributed by atoms with Crippen LogP contribution in [0.3, 0.4) is 0 Å². The highest BCUT2D eigenvalue weighted by Crippen LogP contribution is 2.28. The Kier molecular flexibility index (Phi) is 5.05. The average Bonchev–Trinajstić information content (AvgIpc) is 2.54. The normalized spacial score (nSPS) is 9.76. The number of nitrogens with zero attached hydrogens (tertiary/aromatic N) is 1. The number of hydrogen-bond acceptors (Lipinski definition) is 4. The molecule has 4 nitrogen and oxygen atoms in total. The van der Waals surface area contributed by atoms with Crippen molar-refractivity contribution in [3.05, 3.63) is 53.6 Å². The third-order valence-electron chi connectivity index (χ3n) is 3.04. The fraction of sp³-hybridized carbons (Fsp3) is 0.235. The number of nitrogens with one attached hydrogen (secondary N) is 1. The molecule has 1 N–H and O–H groups in total. The van der Waals surface area contributed by atoms with Crippen molar-refractivity contribution in [1.29, 1.82) is 5.26 Å². The number of anilines is 1. The highest BCUT2D eigenvalue weighted by atomic mass is 16.5. The van der Waals surface area contributed by atoms with E-state index in [-0.39, 0.29) is 0 Å². The van der Waals surface area contributed by atoms with E-state index in [2.05, 4.69) is 11.4 Å². The monoisotopic (exact) mass is 282 g/mol. The minimum absolute atomic E-state index is 0.600. The van der Waals surface area contributed by atoms with Crippen LogP contribution in [0.2, 0.25) is 0 Å². The van der Waals surface area contributed by atoms with Crippen LogP contribution in [-0.4, -0.2) is 13.7 Å². The van der Waals surface area contributed by atoms with E-state index in [0.717, 1.165) is 22.7 Å². The molecule has 21 heavy (non-hydrogen) atoms. The van der Waals surface area contributed by atoms with Gasteiger partial charge in [-0.1, -0.05) is 6.07 Å². The summed E-state index contributed by atoms with van der Waals surface area (Å²) in [5.74, 6) is 1.48. The molecule has 0 fully saturated rings. The van der Waals surface area contributed by atoms with Crippen LogP contribution in [-0.2, 0) is 6.54 Å². The summed E-state index contributed by atoms with van der Waals surface area (Å²) in [7, 11) is 1.63. The number of methoxy groups -OCH3 is 1. The molecular formula is C17H18N2O2. The van der Waals surface area contributed by atoms with Gasteiger partial charge in [-0.2, -0.15) is 5.26 Å². The second-order valence-electron chi connectivity index (χ2n) is 4.46. The summed E-state index contributed by atoms with van der Waals surface area (Å²) in [5.41, 5.74) is 2.73. The fourth-order valence-electron chi connectivity index (χ4n) is 1.97. The molecule has 0 aliphatic rings. The van der Waals surface area contributed by atoms with E-state index in [1.54, 1.807) is 19.2 Å². The predicted molar refractivity (Wildman–Crippen MR) is 82.6 cm³/mol. The van der Waals surface area contributed by atoms with Crippen LogP contribution in [0.4, 0.5) is 5.69 Å². The highest BCUT2D eigenvalue weighted by Gasteiger charge is 2.05. The molecule has 0 amide bonds. The lowest BCUT2D eigenvalue weighted by molar-refractivity contribution is 0.310. The fourth-order valence-corrected chi connectivity index (χ4v) is 1.97. The lowest BCUT2D eigenvalue weighted by atomic mass is 10.2. The minimum atomic E-state index is 0.600. The van der Waals surface area contributed by atoms with Crippen LogP contribution in [0.5, 0.6) is 11.5 Å². The maximum absolute atomic E-state index is 8.77. The van der Waals surface area contributed by atoms with Gasteiger partial charge < -0.3 is 14.8 Å². The lowest BCUT2D eigenvalue weighted by Gasteiger charge is -2.12. The first kappa shape index (κ1) is 14.7. The topological polar surface area (TPSA) is 54.3 Å². The van der Waals surface area contributed by atoms with Crippen LogP contribution in [0.15, 0.2) is 42.5 Å². The van der Waals surface area contributed by atoms with Crippen LogP contribution in [0.1, 0.15) is 18.1 Å². The minimum Gasteiger partial charge on any atom is -0.493 e. The first-order valence-electron chi connectivity index (χ1n) is 6.80. The summed E-state index contributed by atoms with van der Waals surface area (Å²) < 4.78 is 10.8. The molecule has 2 aromatic rings. The van der Waals surface area contributed by atoms with Crippen molar-refractivity contribution >= 4 is 5.69 Å². The molecule has 0 radical (unpaired) electrons. The molecule has 4 heteroatoms. The first-order chi connectivity index (χ1) is 10.3. The Balaban J connectivity index is 2.05. The SMILES string of the molecule is CCOc1cc(CNc2ccc(C#N)cc2)ccc1OC. The van der Waals surface area contributed by atoms with Crippen molar-refractivity contribution in [1.82, 2.24) is 0 Å². The van der Waals surface area contributed by atoms with Gasteiger partial charge in [-0.05, 0) is 48.9 Å². The van der Waals surface area contributed by atoms with Gasteiger partial charge >= 0.3 is 0 Å². The Morgan fingerprint density at radius 1 is 1.10 bits per heavy atom. The molecule has 0 bridgehead atoms. The second kappa shape index (κ2) is 7.20. The summed E-state index contributed by atoms with van der Waals surface area (Å²) in [4.78, 5) is 0. The quantitative estimate of drug-likeness (QED) is 0.880. The van der Waals surface area contributed by atoms with Gasteiger partial charge in [0.25, 0.3) is 0 Å². The van der Waals surface area contributed by atoms with Gasteiger partial charge in [-0.25, -0.2) is 0 Å². The van der Waals surface area contributed by atoms with Crippen molar-refractivity contribution in [3.63, 3.8) is 0 Å². The number of hydrogen-bond donors (Lipinski definition) is 1. The summed E-state index contributed by atoms with van der Waals surface area (Å²) >= 11 is 0. The number of nitriles is 1. The zero-order chi connectivity index (χ0) is 15.1. The van der Waals surface area contributed by atoms with E-state index in [0.29, 0.717) is 18.7 Å². The Morgan fingerprint density at radius 2 is 1.86 bits per heavy atom. The Hall–Kier alpha value is -2.67. The van der Waals surface area contributed by atoms with E-state index in [1.807, 2.05) is 37.3 Å². The smallest absolute Gasteiger partial charge is 0.161 e. The van der Waals surface area contributed by atoms with E-state index in [4.69, 9.17) is 14.7 Å². The lowest BCUT2D eigenvalue weighted by Crippen LogP contribution is -2.01. The molecule has 0 aromatic heterocycles. The van der Waals surface area contributed by atoms with Gasteiger partial charge in [0, 0.05) is 12.2 Å². The molecule has 0 spiro atoms. The molecule has 0 saturated heterocycles. The molecule has 0 aliphatic carbocycles. The molecule has 0 unspecified atom stereocenters. The first-order valence-corrected chi connectivity index (χ1v) is 6.80. The van der Waals surface area contributed by atoms with Crippen LogP contribution in [0.25, 0.3) is 0 Å². The van der Waals surface area contributed by atoms with Crippen molar-refractivity contribution < 1.29 is 9.47 Å². The highest BCUT2D eigenvalue weighted by molar-refractivity contribution is 5.49. The van der Waals surface area contributed by atoms with Crippen molar-refractivity contribution in [2.75, 3.05) is 19.0 Å². The number of rotatable bonds is 6. The average molecular weight is 282 g/mol. The zero-order valence-electron chi connectivity index (χ0n) is 12.2. The molecule has 2 aromatic carbocycles. The third-order valence-corrected chi connectivity index (χ3v) is 3.04. The maximum atomic E-state index is 8.77. The van der Waals surface area contributed by atoms with Gasteiger partial charge in [0.1, 0.15) is 0 Å². The Labute approximate surface area is 124 Å². The van der Waals surface area contributed by atoms with Crippen LogP contribution < -0.4 is 14.8 Å². The molecule has 0 atom stereocenters. The molecule has 0 saturated carbocycles. The van der Waals surface area contributed by atoms with Crippen molar-refractivity contribution in [2.45, 2.75) is 13.5 Å². The summed E-state index contributed by atoms with van der Waals surface area (Å²) in [6.07, 6.45) is 0. The number of ether oxygens (including phenoxy) is 2. The molecular weight excluding hydrogens is 264 g/mol. The van der Waals surface area contributed by atoms with Gasteiger partial charge in [-0.15, -0.1) is 0 Å². The molecule has 0 heterocycles. The van der Waals surface area contributed by atoms with Gasteiger partial charge in [0.15, 0.2) is 11.5 Å². The summed E-state index contributed by atoms with van der Waals surface area (Å²) in [6, 6.07) is 15.4. The third kappa shape index (κ3) is 3.90. The Bertz CT molecular complexity index is 630. The maximum Gasteiger partial charge on any atom is 0.161 e. The van der Waals surface area contributed by atoms with Crippen molar-refractivity contribution in [2.24, 2.45) is 0 Å². The second-order valence-corrected chi connectivity index (χ2v) is 4.46. The molecule has 0 aliphatic heterocycles. The zero-order valence-corrected chi connectivity index (χ0v) is 12.2. The standard InChI is InChI=1S/C17H18N2O2/c1-3-21-17-10-14(6-9-16(17)20-2)12-19-15-7-4-13(11-18)5-8-15/h4-10,19H,3,12H2,1-2H3. The van der Waals surface area contributed by atoms with E-state index >= 15 is 0 Å². The Morgan fingerprint density at radius 3 is 2.48 bits per heavy atom. The van der Waals surface area contributed by atoms with Crippen LogP contribution in [0, 0.1) is 11.3 Å². The molecule has 108 valence electrons. The van der Waals surface area contributed by atoms with E-state index in [1.165, 1.54) is 0 Å².